The van der Waals surface area contributed by atoms with Crippen molar-refractivity contribution in [3.63, 3.8) is 0 Å². The Balaban J connectivity index is 1.91. The van der Waals surface area contributed by atoms with E-state index in [1.54, 1.807) is 26.0 Å². The molecule has 0 unspecified atom stereocenters. The van der Waals surface area contributed by atoms with Crippen LogP contribution in [0.25, 0.3) is 11.1 Å². The maximum absolute atomic E-state index is 12.1. The molecule has 0 fully saturated rings. The van der Waals surface area contributed by atoms with Crippen LogP contribution in [0.1, 0.15) is 24.2 Å². The molecule has 2 aromatic rings. The molecule has 2 amide bonds. The normalized spacial score (nSPS) is 10.1. The Labute approximate surface area is 146 Å². The van der Waals surface area contributed by atoms with E-state index in [0.29, 0.717) is 5.56 Å². The first-order chi connectivity index (χ1) is 11.5. The van der Waals surface area contributed by atoms with Crippen LogP contribution < -0.4 is 16.2 Å². The number of hydrogen-bond acceptors (Lipinski definition) is 3. The lowest BCUT2D eigenvalue weighted by Crippen LogP contribution is -2.49. The van der Waals surface area contributed by atoms with Crippen molar-refractivity contribution in [2.24, 2.45) is 5.92 Å². The van der Waals surface area contributed by atoms with Crippen molar-refractivity contribution in [2.45, 2.75) is 13.8 Å². The highest BCUT2D eigenvalue weighted by Gasteiger charge is 2.10. The molecular formula is C18H19N3O2S. The topological polar surface area (TPSA) is 70.2 Å². The molecule has 6 heteroatoms. The van der Waals surface area contributed by atoms with Gasteiger partial charge in [0, 0.05) is 11.5 Å². The van der Waals surface area contributed by atoms with E-state index in [-0.39, 0.29) is 22.8 Å². The number of amides is 2. The van der Waals surface area contributed by atoms with Crippen LogP contribution in [0.5, 0.6) is 0 Å². The summed E-state index contributed by atoms with van der Waals surface area (Å²) in [6.45, 7) is 3.51. The fourth-order valence-corrected chi connectivity index (χ4v) is 2.07. The Morgan fingerprint density at radius 2 is 1.46 bits per heavy atom. The molecule has 0 aromatic heterocycles. The predicted molar refractivity (Wildman–Crippen MR) is 98.1 cm³/mol. The monoisotopic (exact) mass is 341 g/mol. The second-order valence-electron chi connectivity index (χ2n) is 5.50. The first-order valence-corrected chi connectivity index (χ1v) is 7.95. The van der Waals surface area contributed by atoms with Crippen molar-refractivity contribution < 1.29 is 9.59 Å². The molecule has 2 aromatic carbocycles. The third-order valence-electron chi connectivity index (χ3n) is 3.30. The van der Waals surface area contributed by atoms with E-state index in [2.05, 4.69) is 16.2 Å². The molecule has 0 radical (unpaired) electrons. The number of hydrazine groups is 1. The molecule has 124 valence electrons. The fraction of sp³-hybridized carbons (Fsp3) is 0.167. The minimum absolute atomic E-state index is 0.0583. The minimum atomic E-state index is -0.337. The molecular weight excluding hydrogens is 322 g/mol. The maximum Gasteiger partial charge on any atom is 0.269 e. The third-order valence-corrected chi connectivity index (χ3v) is 3.51. The fourth-order valence-electron chi connectivity index (χ4n) is 1.92. The van der Waals surface area contributed by atoms with Crippen molar-refractivity contribution in [1.29, 1.82) is 0 Å². The highest BCUT2D eigenvalue weighted by Crippen LogP contribution is 2.19. The van der Waals surface area contributed by atoms with Gasteiger partial charge in [-0.15, -0.1) is 0 Å². The van der Waals surface area contributed by atoms with E-state index >= 15 is 0 Å². The number of benzene rings is 2. The van der Waals surface area contributed by atoms with E-state index in [0.717, 1.165) is 11.1 Å². The molecule has 0 saturated heterocycles. The lowest BCUT2D eigenvalue weighted by atomic mass is 10.0. The van der Waals surface area contributed by atoms with E-state index < -0.39 is 0 Å². The van der Waals surface area contributed by atoms with Gasteiger partial charge in [0.2, 0.25) is 5.91 Å². The number of thiocarbonyl (C=S) groups is 1. The quantitative estimate of drug-likeness (QED) is 0.593. The number of nitrogens with one attached hydrogen (secondary N) is 3. The van der Waals surface area contributed by atoms with Crippen LogP contribution >= 0.6 is 12.2 Å². The molecule has 0 aliphatic carbocycles. The van der Waals surface area contributed by atoms with Gasteiger partial charge in [0.25, 0.3) is 5.91 Å². The highest BCUT2D eigenvalue weighted by molar-refractivity contribution is 7.80. The highest BCUT2D eigenvalue weighted by atomic mass is 32.1. The molecule has 0 aliphatic heterocycles. The van der Waals surface area contributed by atoms with E-state index in [4.69, 9.17) is 12.2 Å². The van der Waals surface area contributed by atoms with Crippen molar-refractivity contribution in [3.05, 3.63) is 60.2 Å². The molecule has 0 saturated carbocycles. The Bertz CT molecular complexity index is 728. The van der Waals surface area contributed by atoms with Gasteiger partial charge in [-0.2, -0.15) is 0 Å². The van der Waals surface area contributed by atoms with Gasteiger partial charge < -0.3 is 5.32 Å². The summed E-state index contributed by atoms with van der Waals surface area (Å²) < 4.78 is 0. The summed E-state index contributed by atoms with van der Waals surface area (Å²) >= 11 is 4.94. The van der Waals surface area contributed by atoms with Crippen molar-refractivity contribution >= 4 is 29.1 Å². The summed E-state index contributed by atoms with van der Waals surface area (Å²) in [6.07, 6.45) is 0. The standard InChI is InChI=1S/C18H19N3O2S/c1-12(2)16(22)19-18(24)21-20-17(23)15-10-8-14(9-11-15)13-6-4-3-5-7-13/h3-12H,1-2H3,(H,20,23)(H2,19,21,22,24). The van der Waals surface area contributed by atoms with Gasteiger partial charge in [0.15, 0.2) is 5.11 Å². The zero-order chi connectivity index (χ0) is 17.5. The van der Waals surface area contributed by atoms with Crippen molar-refractivity contribution in [1.82, 2.24) is 16.2 Å². The Morgan fingerprint density at radius 3 is 2.04 bits per heavy atom. The first-order valence-electron chi connectivity index (χ1n) is 7.54. The molecule has 0 aliphatic rings. The summed E-state index contributed by atoms with van der Waals surface area (Å²) in [4.78, 5) is 23.6. The summed E-state index contributed by atoms with van der Waals surface area (Å²) in [6, 6.07) is 17.1. The second-order valence-corrected chi connectivity index (χ2v) is 5.90. The molecule has 0 bridgehead atoms. The smallest absolute Gasteiger partial charge is 0.269 e. The van der Waals surface area contributed by atoms with Crippen LogP contribution in [0.15, 0.2) is 54.6 Å². The second kappa shape index (κ2) is 8.21. The largest absolute Gasteiger partial charge is 0.302 e. The first kappa shape index (κ1) is 17.6. The Hall–Kier alpha value is -2.73. The summed E-state index contributed by atoms with van der Waals surface area (Å²) in [5, 5.41) is 2.54. The van der Waals surface area contributed by atoms with E-state index in [9.17, 15) is 9.59 Å². The van der Waals surface area contributed by atoms with Crippen LogP contribution in [-0.4, -0.2) is 16.9 Å². The molecule has 0 heterocycles. The summed E-state index contributed by atoms with van der Waals surface area (Å²) in [7, 11) is 0. The third kappa shape index (κ3) is 4.89. The van der Waals surface area contributed by atoms with E-state index in [1.807, 2.05) is 42.5 Å². The van der Waals surface area contributed by atoms with Gasteiger partial charge in [-0.25, -0.2) is 0 Å². The van der Waals surface area contributed by atoms with Gasteiger partial charge in [-0.1, -0.05) is 56.3 Å². The van der Waals surface area contributed by atoms with E-state index in [1.165, 1.54) is 0 Å². The number of carbonyl (C=O) groups excluding carboxylic acids is 2. The number of hydrogen-bond donors (Lipinski definition) is 3. The average molecular weight is 341 g/mol. The summed E-state index contributed by atoms with van der Waals surface area (Å²) in [5.74, 6) is -0.740. The SMILES string of the molecule is CC(C)C(=O)NC(=S)NNC(=O)c1ccc(-c2ccccc2)cc1. The van der Waals surface area contributed by atoms with Crippen molar-refractivity contribution in [2.75, 3.05) is 0 Å². The lowest BCUT2D eigenvalue weighted by molar-refractivity contribution is -0.122. The minimum Gasteiger partial charge on any atom is -0.302 e. The average Bonchev–Trinajstić information content (AvgIpc) is 2.60. The zero-order valence-electron chi connectivity index (χ0n) is 13.5. The van der Waals surface area contributed by atoms with Gasteiger partial charge in [0.1, 0.15) is 0 Å². The number of rotatable bonds is 3. The van der Waals surface area contributed by atoms with Gasteiger partial charge in [-0.05, 0) is 35.5 Å². The van der Waals surface area contributed by atoms with Crippen LogP contribution in [0.3, 0.4) is 0 Å². The Kier molecular flexibility index (Phi) is 6.03. The Morgan fingerprint density at radius 1 is 0.875 bits per heavy atom. The zero-order valence-corrected chi connectivity index (χ0v) is 14.3. The van der Waals surface area contributed by atoms with Crippen LogP contribution in [-0.2, 0) is 4.79 Å². The molecule has 2 rings (SSSR count). The molecule has 3 N–H and O–H groups in total. The van der Waals surface area contributed by atoms with Crippen LogP contribution in [0.2, 0.25) is 0 Å². The van der Waals surface area contributed by atoms with Gasteiger partial charge in [-0.3, -0.25) is 20.4 Å². The molecule has 0 spiro atoms. The van der Waals surface area contributed by atoms with Crippen LogP contribution in [0, 0.1) is 5.92 Å². The van der Waals surface area contributed by atoms with Gasteiger partial charge >= 0.3 is 0 Å². The van der Waals surface area contributed by atoms with Crippen molar-refractivity contribution in [3.8, 4) is 11.1 Å². The summed E-state index contributed by atoms with van der Waals surface area (Å²) in [5.41, 5.74) is 7.57. The molecule has 5 nitrogen and oxygen atoms in total. The van der Waals surface area contributed by atoms with Crippen LogP contribution in [0.4, 0.5) is 0 Å². The number of carbonyl (C=O) groups is 2. The molecule has 24 heavy (non-hydrogen) atoms. The predicted octanol–water partition coefficient (Wildman–Crippen LogP) is 2.65. The van der Waals surface area contributed by atoms with Gasteiger partial charge in [0.05, 0.1) is 0 Å². The lowest BCUT2D eigenvalue weighted by Gasteiger charge is -2.12. The maximum atomic E-state index is 12.1. The molecule has 0 atom stereocenters.